The van der Waals surface area contributed by atoms with Crippen molar-refractivity contribution < 1.29 is 23.9 Å². The van der Waals surface area contributed by atoms with Gasteiger partial charge in [-0.2, -0.15) is 0 Å². The van der Waals surface area contributed by atoms with Gasteiger partial charge in [0.05, 0.1) is 31.9 Å². The van der Waals surface area contributed by atoms with Crippen LogP contribution in [0.2, 0.25) is 10.0 Å². The van der Waals surface area contributed by atoms with Gasteiger partial charge in [-0.05, 0) is 18.2 Å². The number of hydrogen-bond donors (Lipinski definition) is 1. The Hall–Kier alpha value is -1.98. The first-order chi connectivity index (χ1) is 10.5. The summed E-state index contributed by atoms with van der Waals surface area (Å²) in [6.07, 6.45) is 1.33. The molecular formula is C14H13Cl2NO5. The van der Waals surface area contributed by atoms with Gasteiger partial charge in [0.25, 0.3) is 0 Å². The molecule has 0 saturated heterocycles. The average molecular weight is 346 g/mol. The molecule has 0 radical (unpaired) electrons. The third-order valence-electron chi connectivity index (χ3n) is 2.49. The highest BCUT2D eigenvalue weighted by Crippen LogP contribution is 2.29. The van der Waals surface area contributed by atoms with E-state index >= 15 is 0 Å². The highest BCUT2D eigenvalue weighted by Gasteiger charge is 2.15. The molecule has 1 rings (SSSR count). The summed E-state index contributed by atoms with van der Waals surface area (Å²) in [5.41, 5.74) is 5.27. The zero-order valence-electron chi connectivity index (χ0n) is 12.0. The number of hydrogen-bond acceptors (Lipinski definition) is 6. The van der Waals surface area contributed by atoms with E-state index in [-0.39, 0.29) is 21.3 Å². The average Bonchev–Trinajstić information content (AvgIpc) is 2.52. The number of carbonyl (C=O) groups excluding carboxylic acids is 2. The van der Waals surface area contributed by atoms with Crippen molar-refractivity contribution in [3.05, 3.63) is 44.7 Å². The molecule has 22 heavy (non-hydrogen) atoms. The molecule has 118 valence electrons. The van der Waals surface area contributed by atoms with Crippen LogP contribution in [0.3, 0.4) is 0 Å². The van der Waals surface area contributed by atoms with Crippen molar-refractivity contribution >= 4 is 41.2 Å². The van der Waals surface area contributed by atoms with E-state index in [2.05, 4.69) is 25.5 Å². The number of esters is 2. The zero-order chi connectivity index (χ0) is 16.7. The van der Waals surface area contributed by atoms with Crippen LogP contribution in [-0.4, -0.2) is 33.3 Å². The molecule has 0 aliphatic carbocycles. The number of ether oxygens (including phenoxy) is 2. The number of hydroxylamine groups is 1. The van der Waals surface area contributed by atoms with E-state index < -0.39 is 11.9 Å². The Balaban J connectivity index is 3.39. The Morgan fingerprint density at radius 3 is 2.41 bits per heavy atom. The lowest BCUT2D eigenvalue weighted by molar-refractivity contribution is -0.137. The van der Waals surface area contributed by atoms with Crippen LogP contribution in [0.5, 0.6) is 0 Å². The normalized spacial score (nSPS) is 9.50. The lowest BCUT2D eigenvalue weighted by atomic mass is 10.1. The van der Waals surface area contributed by atoms with Gasteiger partial charge >= 0.3 is 11.9 Å². The maximum Gasteiger partial charge on any atom is 0.364 e. The van der Waals surface area contributed by atoms with Crippen molar-refractivity contribution in [2.45, 2.75) is 0 Å². The molecule has 0 amide bonds. The molecule has 0 bridgehead atoms. The number of nitrogens with one attached hydrogen (secondary N) is 1. The fourth-order valence-corrected chi connectivity index (χ4v) is 2.00. The first kappa shape index (κ1) is 18.1. The van der Waals surface area contributed by atoms with Crippen LogP contribution in [0.25, 0.3) is 6.08 Å². The zero-order valence-corrected chi connectivity index (χ0v) is 13.5. The molecule has 0 aliphatic rings. The fraction of sp³-hybridized carbons (Fsp3) is 0.214. The molecule has 1 aromatic carbocycles. The van der Waals surface area contributed by atoms with Crippen LogP contribution in [0.15, 0.2) is 23.6 Å². The SMILES string of the molecule is CONC(=C=Cc1c(Cl)ccc(C(=O)OC)c1Cl)C(=O)OC. The molecule has 0 aromatic heterocycles. The Morgan fingerprint density at radius 1 is 1.18 bits per heavy atom. The van der Waals surface area contributed by atoms with Gasteiger partial charge in [-0.3, -0.25) is 10.3 Å². The first-order valence-corrected chi connectivity index (χ1v) is 6.62. The van der Waals surface area contributed by atoms with Gasteiger partial charge in [0.15, 0.2) is 5.70 Å². The highest BCUT2D eigenvalue weighted by molar-refractivity contribution is 6.39. The molecule has 0 aliphatic heterocycles. The van der Waals surface area contributed by atoms with Gasteiger partial charge in [0, 0.05) is 10.6 Å². The summed E-state index contributed by atoms with van der Waals surface area (Å²) in [6, 6.07) is 2.92. The third-order valence-corrected chi connectivity index (χ3v) is 3.22. The van der Waals surface area contributed by atoms with Gasteiger partial charge in [0.2, 0.25) is 0 Å². The predicted molar refractivity (Wildman–Crippen MR) is 81.5 cm³/mol. The van der Waals surface area contributed by atoms with E-state index in [0.717, 1.165) is 0 Å². The fourth-order valence-electron chi connectivity index (χ4n) is 1.45. The van der Waals surface area contributed by atoms with Crippen LogP contribution >= 0.6 is 23.2 Å². The minimum absolute atomic E-state index is 0.0773. The smallest absolute Gasteiger partial charge is 0.364 e. The summed E-state index contributed by atoms with van der Waals surface area (Å²) in [6.45, 7) is 0. The lowest BCUT2D eigenvalue weighted by Crippen LogP contribution is -2.19. The molecule has 1 N–H and O–H groups in total. The molecule has 0 fully saturated rings. The summed E-state index contributed by atoms with van der Waals surface area (Å²) in [5, 5.41) is 0.347. The van der Waals surface area contributed by atoms with Gasteiger partial charge in [-0.1, -0.05) is 28.9 Å². The maximum absolute atomic E-state index is 11.6. The number of halogens is 2. The van der Waals surface area contributed by atoms with Gasteiger partial charge in [-0.15, -0.1) is 0 Å². The second kappa shape index (κ2) is 8.46. The highest BCUT2D eigenvalue weighted by atomic mass is 35.5. The minimum atomic E-state index is -0.700. The molecule has 0 spiro atoms. The maximum atomic E-state index is 11.6. The van der Waals surface area contributed by atoms with Crippen molar-refractivity contribution in [3.63, 3.8) is 0 Å². The van der Waals surface area contributed by atoms with E-state index in [0.29, 0.717) is 5.56 Å². The number of carbonyl (C=O) groups is 2. The molecule has 8 heteroatoms. The summed E-state index contributed by atoms with van der Waals surface area (Å²) >= 11 is 12.2. The second-order valence-electron chi connectivity index (χ2n) is 3.78. The molecule has 0 unspecified atom stereocenters. The molecule has 1 aromatic rings. The number of rotatable bonds is 5. The summed E-state index contributed by atoms with van der Waals surface area (Å²) < 4.78 is 9.17. The third kappa shape index (κ3) is 4.26. The minimum Gasteiger partial charge on any atom is -0.465 e. The van der Waals surface area contributed by atoms with E-state index in [1.807, 2.05) is 0 Å². The number of methoxy groups -OCH3 is 2. The van der Waals surface area contributed by atoms with Crippen LogP contribution in [-0.2, 0) is 19.1 Å². The van der Waals surface area contributed by atoms with Gasteiger partial charge < -0.3 is 9.47 Å². The largest absolute Gasteiger partial charge is 0.465 e. The van der Waals surface area contributed by atoms with Crippen LogP contribution < -0.4 is 5.48 Å². The quantitative estimate of drug-likeness (QED) is 0.382. The van der Waals surface area contributed by atoms with E-state index in [1.165, 1.54) is 39.5 Å². The Labute approximate surface area is 137 Å². The Bertz CT molecular complexity index is 651. The van der Waals surface area contributed by atoms with Crippen LogP contribution in [0, 0.1) is 0 Å². The van der Waals surface area contributed by atoms with Crippen LogP contribution in [0.1, 0.15) is 15.9 Å². The Kier molecular flexibility index (Phi) is 6.95. The summed E-state index contributed by atoms with van der Waals surface area (Å²) in [5.74, 6) is -1.31. The van der Waals surface area contributed by atoms with E-state index in [9.17, 15) is 9.59 Å². The molecule has 6 nitrogen and oxygen atoms in total. The molecular weight excluding hydrogens is 333 g/mol. The summed E-state index contributed by atoms with van der Waals surface area (Å²) in [4.78, 5) is 27.7. The molecule has 0 heterocycles. The van der Waals surface area contributed by atoms with Crippen molar-refractivity contribution in [2.24, 2.45) is 0 Å². The van der Waals surface area contributed by atoms with Crippen molar-refractivity contribution in [2.75, 3.05) is 21.3 Å². The Morgan fingerprint density at radius 2 is 1.86 bits per heavy atom. The lowest BCUT2D eigenvalue weighted by Gasteiger charge is -2.07. The monoisotopic (exact) mass is 345 g/mol. The second-order valence-corrected chi connectivity index (χ2v) is 4.56. The number of benzene rings is 1. The topological polar surface area (TPSA) is 73.9 Å². The van der Waals surface area contributed by atoms with Crippen molar-refractivity contribution in [3.8, 4) is 0 Å². The molecule has 0 atom stereocenters. The van der Waals surface area contributed by atoms with Crippen molar-refractivity contribution in [1.29, 1.82) is 0 Å². The predicted octanol–water partition coefficient (Wildman–Crippen LogP) is 2.60. The van der Waals surface area contributed by atoms with Gasteiger partial charge in [-0.25, -0.2) is 9.59 Å². The molecule has 0 saturated carbocycles. The van der Waals surface area contributed by atoms with E-state index in [4.69, 9.17) is 23.2 Å². The van der Waals surface area contributed by atoms with Crippen molar-refractivity contribution in [1.82, 2.24) is 5.48 Å². The van der Waals surface area contributed by atoms with Crippen LogP contribution in [0.4, 0.5) is 0 Å². The van der Waals surface area contributed by atoms with Gasteiger partial charge in [0.1, 0.15) is 0 Å². The summed E-state index contributed by atoms with van der Waals surface area (Å²) in [7, 11) is 3.77. The van der Waals surface area contributed by atoms with E-state index in [1.54, 1.807) is 0 Å². The first-order valence-electron chi connectivity index (χ1n) is 5.86. The standard InChI is InChI=1S/C14H13Cl2NO5/c1-20-13(18)9-4-6-10(15)8(12(9)16)5-7-11(17-22-3)14(19)21-2/h4-6,17H,1-3H3.